The molecule has 1 aromatic heterocycles. The molecule has 0 spiro atoms. The topological polar surface area (TPSA) is 46.0 Å². The molecule has 0 fully saturated rings. The fourth-order valence-electron chi connectivity index (χ4n) is 0.413. The van der Waals surface area contributed by atoms with Gasteiger partial charge in [0.15, 0.2) is 0 Å². The smallest absolute Gasteiger partial charge is 0.315 e. The van der Waals surface area contributed by atoms with E-state index in [4.69, 9.17) is 16.7 Å². The fraction of sp³-hybridized carbons (Fsp3) is 0.200. The minimum absolute atomic E-state index is 0.286. The largest absolute Gasteiger partial charge is 0.479 e. The van der Waals surface area contributed by atoms with Crippen LogP contribution in [0.1, 0.15) is 5.56 Å². The number of hydrogen-bond donors (Lipinski definition) is 1. The molecule has 0 aliphatic heterocycles. The number of halogens is 1. The van der Waals surface area contributed by atoms with Gasteiger partial charge in [0.05, 0.1) is 0 Å². The lowest BCUT2D eigenvalue weighted by atomic mass is 10.4. The van der Waals surface area contributed by atoms with E-state index in [1.807, 2.05) is 0 Å². The van der Waals surface area contributed by atoms with Crippen molar-refractivity contribution in [2.75, 3.05) is 0 Å². The van der Waals surface area contributed by atoms with Crippen molar-refractivity contribution in [3.8, 4) is 6.01 Å². The summed E-state index contributed by atoms with van der Waals surface area (Å²) in [4.78, 5) is 6.98. The van der Waals surface area contributed by atoms with Gasteiger partial charge in [-0.15, -0.1) is 0 Å². The molecular formula is C5H5ClN2O. The van der Waals surface area contributed by atoms with Gasteiger partial charge in [0.1, 0.15) is 5.15 Å². The van der Waals surface area contributed by atoms with Crippen molar-refractivity contribution in [2.24, 2.45) is 0 Å². The Hall–Kier alpha value is -0.830. The molecule has 0 saturated carbocycles. The minimum atomic E-state index is -0.286. The van der Waals surface area contributed by atoms with Crippen molar-refractivity contribution >= 4 is 11.6 Å². The Morgan fingerprint density at radius 3 is 2.78 bits per heavy atom. The van der Waals surface area contributed by atoms with Crippen LogP contribution >= 0.6 is 11.6 Å². The summed E-state index contributed by atoms with van der Waals surface area (Å²) in [5.74, 6) is 0. The maximum atomic E-state index is 8.63. The molecule has 0 amide bonds. The van der Waals surface area contributed by atoms with Crippen LogP contribution in [-0.2, 0) is 0 Å². The van der Waals surface area contributed by atoms with Crippen molar-refractivity contribution in [1.29, 1.82) is 0 Å². The van der Waals surface area contributed by atoms with Crippen molar-refractivity contribution in [3.05, 3.63) is 16.9 Å². The number of aromatic hydroxyl groups is 1. The fourth-order valence-corrected chi connectivity index (χ4v) is 0.537. The molecule has 1 N–H and O–H groups in total. The van der Waals surface area contributed by atoms with Crippen LogP contribution < -0.4 is 0 Å². The molecule has 1 aromatic rings. The van der Waals surface area contributed by atoms with Crippen LogP contribution in [-0.4, -0.2) is 15.1 Å². The molecule has 0 saturated heterocycles. The second kappa shape index (κ2) is 2.19. The number of aryl methyl sites for hydroxylation is 1. The molecule has 48 valence electrons. The minimum Gasteiger partial charge on any atom is -0.479 e. The molecule has 1 rings (SSSR count). The lowest BCUT2D eigenvalue weighted by Crippen LogP contribution is -1.83. The highest BCUT2D eigenvalue weighted by Gasteiger charge is 1.96. The SMILES string of the molecule is Cc1cnc(O)nc1Cl. The molecule has 0 bridgehead atoms. The summed E-state index contributed by atoms with van der Waals surface area (Å²) < 4.78 is 0. The van der Waals surface area contributed by atoms with Gasteiger partial charge < -0.3 is 5.11 Å². The van der Waals surface area contributed by atoms with E-state index >= 15 is 0 Å². The Morgan fingerprint density at radius 1 is 1.67 bits per heavy atom. The van der Waals surface area contributed by atoms with E-state index in [0.717, 1.165) is 5.56 Å². The van der Waals surface area contributed by atoms with Crippen LogP contribution in [0.4, 0.5) is 0 Å². The summed E-state index contributed by atoms with van der Waals surface area (Å²) in [5.41, 5.74) is 0.759. The van der Waals surface area contributed by atoms with Gasteiger partial charge in [-0.05, 0) is 6.92 Å². The summed E-state index contributed by atoms with van der Waals surface area (Å²) in [6.45, 7) is 1.77. The Bertz CT molecular complexity index is 226. The first-order valence-corrected chi connectivity index (χ1v) is 2.76. The highest BCUT2D eigenvalue weighted by Crippen LogP contribution is 2.11. The number of hydrogen-bond acceptors (Lipinski definition) is 3. The van der Waals surface area contributed by atoms with Gasteiger partial charge in [-0.25, -0.2) is 4.98 Å². The Kier molecular flexibility index (Phi) is 1.53. The maximum absolute atomic E-state index is 8.63. The summed E-state index contributed by atoms with van der Waals surface area (Å²) in [5, 5.41) is 8.92. The predicted octanol–water partition coefficient (Wildman–Crippen LogP) is 1.14. The third-order valence-corrected chi connectivity index (χ3v) is 1.28. The molecule has 0 aliphatic carbocycles. The number of rotatable bonds is 0. The lowest BCUT2D eigenvalue weighted by molar-refractivity contribution is 0.430. The first kappa shape index (κ1) is 6.29. The van der Waals surface area contributed by atoms with E-state index in [1.54, 1.807) is 6.92 Å². The van der Waals surface area contributed by atoms with Crippen molar-refractivity contribution in [3.63, 3.8) is 0 Å². The van der Waals surface area contributed by atoms with Crippen LogP contribution in [0.2, 0.25) is 5.15 Å². The molecule has 3 nitrogen and oxygen atoms in total. The molecular weight excluding hydrogens is 140 g/mol. The average molecular weight is 145 g/mol. The van der Waals surface area contributed by atoms with E-state index < -0.39 is 0 Å². The monoisotopic (exact) mass is 144 g/mol. The van der Waals surface area contributed by atoms with Gasteiger partial charge in [0.25, 0.3) is 0 Å². The zero-order valence-corrected chi connectivity index (χ0v) is 5.55. The molecule has 0 radical (unpaired) electrons. The predicted molar refractivity (Wildman–Crippen MR) is 33.4 cm³/mol. The Labute approximate surface area is 57.3 Å². The number of nitrogens with zero attached hydrogens (tertiary/aromatic N) is 2. The highest BCUT2D eigenvalue weighted by molar-refractivity contribution is 6.30. The molecule has 0 aliphatic rings. The van der Waals surface area contributed by atoms with Gasteiger partial charge in [0, 0.05) is 11.8 Å². The first-order chi connectivity index (χ1) is 4.20. The normalized spacial score (nSPS) is 9.56. The Morgan fingerprint density at radius 2 is 2.33 bits per heavy atom. The zero-order chi connectivity index (χ0) is 6.85. The van der Waals surface area contributed by atoms with Gasteiger partial charge in [-0.2, -0.15) is 4.98 Å². The summed E-state index contributed by atoms with van der Waals surface area (Å²) in [7, 11) is 0. The van der Waals surface area contributed by atoms with E-state index in [9.17, 15) is 0 Å². The Balaban J connectivity index is 3.17. The van der Waals surface area contributed by atoms with Gasteiger partial charge in [-0.3, -0.25) is 0 Å². The molecule has 9 heavy (non-hydrogen) atoms. The van der Waals surface area contributed by atoms with Gasteiger partial charge in [-0.1, -0.05) is 11.6 Å². The summed E-state index contributed by atoms with van der Waals surface area (Å²) in [6, 6.07) is -0.286. The summed E-state index contributed by atoms with van der Waals surface area (Å²) in [6.07, 6.45) is 1.46. The second-order valence-corrected chi connectivity index (χ2v) is 2.00. The second-order valence-electron chi connectivity index (χ2n) is 1.64. The highest BCUT2D eigenvalue weighted by atomic mass is 35.5. The summed E-state index contributed by atoms with van der Waals surface area (Å²) >= 11 is 5.50. The average Bonchev–Trinajstić information content (AvgIpc) is 1.80. The lowest BCUT2D eigenvalue weighted by Gasteiger charge is -1.93. The zero-order valence-electron chi connectivity index (χ0n) is 4.80. The van der Waals surface area contributed by atoms with Crippen LogP contribution in [0.3, 0.4) is 0 Å². The van der Waals surface area contributed by atoms with Crippen LogP contribution in [0, 0.1) is 6.92 Å². The molecule has 0 atom stereocenters. The van der Waals surface area contributed by atoms with Crippen LogP contribution in [0.15, 0.2) is 6.20 Å². The maximum Gasteiger partial charge on any atom is 0.315 e. The third kappa shape index (κ3) is 1.29. The molecule has 0 unspecified atom stereocenters. The van der Waals surface area contributed by atoms with Crippen molar-refractivity contribution in [2.45, 2.75) is 6.92 Å². The van der Waals surface area contributed by atoms with Crippen molar-refractivity contribution < 1.29 is 5.11 Å². The van der Waals surface area contributed by atoms with Gasteiger partial charge in [0.2, 0.25) is 0 Å². The van der Waals surface area contributed by atoms with E-state index in [2.05, 4.69) is 9.97 Å². The quantitative estimate of drug-likeness (QED) is 0.556. The number of aromatic nitrogens is 2. The van der Waals surface area contributed by atoms with Crippen molar-refractivity contribution in [1.82, 2.24) is 9.97 Å². The van der Waals surface area contributed by atoms with Gasteiger partial charge >= 0.3 is 6.01 Å². The van der Waals surface area contributed by atoms with Crippen LogP contribution in [0.5, 0.6) is 6.01 Å². The standard InChI is InChI=1S/C5H5ClN2O/c1-3-2-7-5(9)8-4(3)6/h2H,1H3,(H,7,8,9). The first-order valence-electron chi connectivity index (χ1n) is 2.38. The molecule has 1 heterocycles. The van der Waals surface area contributed by atoms with E-state index in [1.165, 1.54) is 6.20 Å². The van der Waals surface area contributed by atoms with Crippen LogP contribution in [0.25, 0.3) is 0 Å². The van der Waals surface area contributed by atoms with E-state index in [0.29, 0.717) is 5.15 Å². The van der Waals surface area contributed by atoms with E-state index in [-0.39, 0.29) is 6.01 Å². The third-order valence-electron chi connectivity index (χ3n) is 0.897. The molecule has 0 aromatic carbocycles. The molecule has 4 heteroatoms.